The summed E-state index contributed by atoms with van der Waals surface area (Å²) in [5.74, 6) is -0.206. The molecule has 1 aromatic carbocycles. The predicted molar refractivity (Wildman–Crippen MR) is 69.9 cm³/mol. The van der Waals surface area contributed by atoms with Crippen molar-refractivity contribution in [2.24, 2.45) is 0 Å². The number of ether oxygens (including phenoxy) is 1. The van der Waals surface area contributed by atoms with Crippen LogP contribution in [-0.4, -0.2) is 19.8 Å². The molecule has 0 fully saturated rings. The monoisotopic (exact) mass is 239 g/mol. The van der Waals surface area contributed by atoms with Crippen LogP contribution in [-0.2, 0) is 4.74 Å². The van der Waals surface area contributed by atoms with Gasteiger partial charge in [0.05, 0.1) is 6.61 Å². The zero-order valence-corrected chi connectivity index (χ0v) is 10.5. The Balaban J connectivity index is 1.95. The standard InChI is InChI=1S/C14H22FNO/c1-2-3-4-5-11-17-12-10-16-14-8-6-13(15)7-9-14/h6-9,16H,2-5,10-12H2,1H3. The van der Waals surface area contributed by atoms with E-state index in [1.165, 1.54) is 31.4 Å². The van der Waals surface area contributed by atoms with E-state index in [1.54, 1.807) is 12.1 Å². The maximum atomic E-state index is 12.6. The first-order valence-electron chi connectivity index (χ1n) is 6.40. The first kappa shape index (κ1) is 14.0. The predicted octanol–water partition coefficient (Wildman–Crippen LogP) is 3.83. The molecule has 96 valence electrons. The lowest BCUT2D eigenvalue weighted by Gasteiger charge is -2.07. The fourth-order valence-electron chi connectivity index (χ4n) is 1.57. The van der Waals surface area contributed by atoms with Gasteiger partial charge in [-0.2, -0.15) is 0 Å². The van der Waals surface area contributed by atoms with Crippen molar-refractivity contribution in [2.45, 2.75) is 32.6 Å². The third kappa shape index (κ3) is 6.95. The summed E-state index contributed by atoms with van der Waals surface area (Å²) in [6.45, 7) is 4.50. The van der Waals surface area contributed by atoms with Crippen LogP contribution in [0.1, 0.15) is 32.6 Å². The smallest absolute Gasteiger partial charge is 0.123 e. The van der Waals surface area contributed by atoms with Crippen molar-refractivity contribution >= 4 is 5.69 Å². The number of hydrogen-bond acceptors (Lipinski definition) is 2. The summed E-state index contributed by atoms with van der Waals surface area (Å²) in [5.41, 5.74) is 0.931. The molecule has 0 aliphatic carbocycles. The average molecular weight is 239 g/mol. The molecule has 0 unspecified atom stereocenters. The van der Waals surface area contributed by atoms with E-state index in [0.29, 0.717) is 6.61 Å². The van der Waals surface area contributed by atoms with Crippen LogP contribution in [0.3, 0.4) is 0 Å². The molecule has 1 aromatic rings. The molecule has 1 rings (SSSR count). The summed E-state index contributed by atoms with van der Waals surface area (Å²) in [6, 6.07) is 6.37. The van der Waals surface area contributed by atoms with Crippen LogP contribution in [0, 0.1) is 5.82 Å². The highest BCUT2D eigenvalue weighted by atomic mass is 19.1. The van der Waals surface area contributed by atoms with E-state index < -0.39 is 0 Å². The molecular weight excluding hydrogens is 217 g/mol. The van der Waals surface area contributed by atoms with Gasteiger partial charge >= 0.3 is 0 Å². The van der Waals surface area contributed by atoms with Gasteiger partial charge < -0.3 is 10.1 Å². The normalized spacial score (nSPS) is 10.5. The lowest BCUT2D eigenvalue weighted by Crippen LogP contribution is -2.09. The molecule has 0 spiro atoms. The van der Waals surface area contributed by atoms with E-state index >= 15 is 0 Å². The minimum atomic E-state index is -0.206. The summed E-state index contributed by atoms with van der Waals surface area (Å²) < 4.78 is 18.1. The van der Waals surface area contributed by atoms with Crippen LogP contribution < -0.4 is 5.32 Å². The SMILES string of the molecule is CCCCCCOCCNc1ccc(F)cc1. The third-order valence-corrected chi connectivity index (χ3v) is 2.56. The van der Waals surface area contributed by atoms with E-state index in [1.807, 2.05) is 0 Å². The van der Waals surface area contributed by atoms with Crippen LogP contribution >= 0.6 is 0 Å². The molecule has 0 heterocycles. The van der Waals surface area contributed by atoms with E-state index in [9.17, 15) is 4.39 Å². The molecule has 0 aliphatic heterocycles. The maximum absolute atomic E-state index is 12.6. The molecule has 0 amide bonds. The molecule has 1 N–H and O–H groups in total. The van der Waals surface area contributed by atoms with Crippen molar-refractivity contribution in [2.75, 3.05) is 25.1 Å². The number of rotatable bonds is 9. The van der Waals surface area contributed by atoms with E-state index in [2.05, 4.69) is 12.2 Å². The van der Waals surface area contributed by atoms with E-state index in [-0.39, 0.29) is 5.82 Å². The molecule has 0 bridgehead atoms. The Morgan fingerprint density at radius 3 is 2.53 bits per heavy atom. The second-order valence-corrected chi connectivity index (χ2v) is 4.11. The molecule has 0 aromatic heterocycles. The van der Waals surface area contributed by atoms with Gasteiger partial charge in [-0.05, 0) is 30.7 Å². The zero-order valence-electron chi connectivity index (χ0n) is 10.5. The lowest BCUT2D eigenvalue weighted by atomic mass is 10.2. The number of unbranched alkanes of at least 4 members (excludes halogenated alkanes) is 3. The molecule has 17 heavy (non-hydrogen) atoms. The molecule has 0 saturated heterocycles. The van der Waals surface area contributed by atoms with Gasteiger partial charge in [0.2, 0.25) is 0 Å². The van der Waals surface area contributed by atoms with Crippen LogP contribution in [0.5, 0.6) is 0 Å². The minimum Gasteiger partial charge on any atom is -0.383 e. The van der Waals surface area contributed by atoms with Crippen molar-refractivity contribution in [3.8, 4) is 0 Å². The number of benzene rings is 1. The van der Waals surface area contributed by atoms with Gasteiger partial charge in [0.15, 0.2) is 0 Å². The van der Waals surface area contributed by atoms with Gasteiger partial charge in [0.25, 0.3) is 0 Å². The summed E-state index contributed by atoms with van der Waals surface area (Å²) >= 11 is 0. The highest BCUT2D eigenvalue weighted by molar-refractivity contribution is 5.42. The van der Waals surface area contributed by atoms with E-state index in [4.69, 9.17) is 4.74 Å². The fraction of sp³-hybridized carbons (Fsp3) is 0.571. The Morgan fingerprint density at radius 2 is 1.82 bits per heavy atom. The van der Waals surface area contributed by atoms with Crippen LogP contribution in [0.15, 0.2) is 24.3 Å². The second kappa shape index (κ2) is 8.99. The van der Waals surface area contributed by atoms with E-state index in [0.717, 1.165) is 25.3 Å². The lowest BCUT2D eigenvalue weighted by molar-refractivity contribution is 0.139. The van der Waals surface area contributed by atoms with Crippen LogP contribution in [0.2, 0.25) is 0 Å². The van der Waals surface area contributed by atoms with Gasteiger partial charge in [0, 0.05) is 18.8 Å². The average Bonchev–Trinajstić information content (AvgIpc) is 2.35. The molecule has 0 atom stereocenters. The van der Waals surface area contributed by atoms with Crippen molar-refractivity contribution in [1.29, 1.82) is 0 Å². The largest absolute Gasteiger partial charge is 0.383 e. The first-order valence-corrected chi connectivity index (χ1v) is 6.40. The maximum Gasteiger partial charge on any atom is 0.123 e. The molecule has 0 saturated carbocycles. The summed E-state index contributed by atoms with van der Waals surface area (Å²) in [6.07, 6.45) is 4.94. The van der Waals surface area contributed by atoms with Crippen LogP contribution in [0.25, 0.3) is 0 Å². The molecule has 2 nitrogen and oxygen atoms in total. The van der Waals surface area contributed by atoms with Gasteiger partial charge in [-0.3, -0.25) is 0 Å². The Bertz CT molecular complexity index is 287. The highest BCUT2D eigenvalue weighted by Gasteiger charge is 1.93. The van der Waals surface area contributed by atoms with Crippen molar-refractivity contribution in [1.82, 2.24) is 0 Å². The Kier molecular flexibility index (Phi) is 7.39. The minimum absolute atomic E-state index is 0.206. The van der Waals surface area contributed by atoms with Crippen molar-refractivity contribution in [3.05, 3.63) is 30.1 Å². The molecule has 0 radical (unpaired) electrons. The second-order valence-electron chi connectivity index (χ2n) is 4.11. The van der Waals surface area contributed by atoms with Crippen molar-refractivity contribution < 1.29 is 9.13 Å². The third-order valence-electron chi connectivity index (χ3n) is 2.56. The van der Waals surface area contributed by atoms with Gasteiger partial charge in [-0.1, -0.05) is 26.2 Å². The highest BCUT2D eigenvalue weighted by Crippen LogP contribution is 2.07. The van der Waals surface area contributed by atoms with Crippen molar-refractivity contribution in [3.63, 3.8) is 0 Å². The van der Waals surface area contributed by atoms with Gasteiger partial charge in [0.1, 0.15) is 5.82 Å². The molecule has 3 heteroatoms. The number of hydrogen-bond donors (Lipinski definition) is 1. The summed E-state index contributed by atoms with van der Waals surface area (Å²) in [4.78, 5) is 0. The molecule has 0 aliphatic rings. The first-order chi connectivity index (χ1) is 8.33. The number of anilines is 1. The topological polar surface area (TPSA) is 21.3 Å². The quantitative estimate of drug-likeness (QED) is 0.661. The van der Waals surface area contributed by atoms with Crippen LogP contribution in [0.4, 0.5) is 10.1 Å². The van der Waals surface area contributed by atoms with Gasteiger partial charge in [-0.25, -0.2) is 4.39 Å². The number of halogens is 1. The summed E-state index contributed by atoms with van der Waals surface area (Å²) in [7, 11) is 0. The van der Waals surface area contributed by atoms with Gasteiger partial charge in [-0.15, -0.1) is 0 Å². The Morgan fingerprint density at radius 1 is 1.06 bits per heavy atom. The molecular formula is C14H22FNO. The zero-order chi connectivity index (χ0) is 12.3. The Labute approximate surface area is 103 Å². The fourth-order valence-corrected chi connectivity index (χ4v) is 1.57. The Hall–Kier alpha value is -1.09. The summed E-state index contributed by atoms with van der Waals surface area (Å²) in [5, 5.41) is 3.18. The number of nitrogens with one attached hydrogen (secondary N) is 1.